The number of benzene rings is 1. The molecule has 0 bridgehead atoms. The van der Waals surface area contributed by atoms with Crippen LogP contribution in [0.15, 0.2) is 18.2 Å². The van der Waals surface area contributed by atoms with Gasteiger partial charge in [-0.25, -0.2) is 0 Å². The number of halogens is 2. The predicted octanol–water partition coefficient (Wildman–Crippen LogP) is 2.92. The molecule has 23 heavy (non-hydrogen) atoms. The van der Waals surface area contributed by atoms with Crippen molar-refractivity contribution in [3.63, 3.8) is 0 Å². The van der Waals surface area contributed by atoms with Gasteiger partial charge < -0.3 is 10.6 Å². The van der Waals surface area contributed by atoms with Gasteiger partial charge in [0.05, 0.1) is 27.6 Å². The van der Waals surface area contributed by atoms with Crippen molar-refractivity contribution < 1.29 is 9.59 Å². The summed E-state index contributed by atoms with van der Waals surface area (Å²) < 4.78 is 0. The highest BCUT2D eigenvalue weighted by molar-refractivity contribution is 6.43. The lowest BCUT2D eigenvalue weighted by Gasteiger charge is -2.31. The summed E-state index contributed by atoms with van der Waals surface area (Å²) >= 11 is 12.0. The average Bonchev–Trinajstić information content (AvgIpc) is 2.55. The summed E-state index contributed by atoms with van der Waals surface area (Å²) in [6.07, 6.45) is 3.27. The molecular formula is C16H17Cl2N3O2. The molecule has 1 saturated carbocycles. The molecule has 1 aliphatic rings. The van der Waals surface area contributed by atoms with Gasteiger partial charge in [-0.1, -0.05) is 42.1 Å². The largest absolute Gasteiger partial charge is 0.348 e. The van der Waals surface area contributed by atoms with E-state index in [0.29, 0.717) is 23.4 Å². The molecule has 1 aromatic rings. The Morgan fingerprint density at radius 1 is 1.26 bits per heavy atom. The zero-order valence-electron chi connectivity index (χ0n) is 12.4. The molecule has 0 aliphatic heterocycles. The third-order valence-corrected chi connectivity index (χ3v) is 4.78. The summed E-state index contributed by atoms with van der Waals surface area (Å²) in [6.45, 7) is -0.0316. The first-order valence-electron chi connectivity index (χ1n) is 7.44. The molecule has 5 nitrogen and oxygen atoms in total. The van der Waals surface area contributed by atoms with E-state index in [0.717, 1.165) is 12.8 Å². The summed E-state index contributed by atoms with van der Waals surface area (Å²) in [5.74, 6) is -0.879. The molecule has 1 fully saturated rings. The topological polar surface area (TPSA) is 82.0 Å². The van der Waals surface area contributed by atoms with E-state index in [1.807, 2.05) is 6.07 Å². The summed E-state index contributed by atoms with van der Waals surface area (Å²) in [7, 11) is 0. The zero-order chi connectivity index (χ0) is 16.8. The Morgan fingerprint density at radius 2 is 2.00 bits per heavy atom. The van der Waals surface area contributed by atoms with Crippen molar-refractivity contribution in [1.29, 1.82) is 5.26 Å². The fraction of sp³-hybridized carbons (Fsp3) is 0.438. The molecule has 0 aromatic heterocycles. The molecule has 122 valence electrons. The molecule has 1 aromatic carbocycles. The Bertz CT molecular complexity index is 643. The molecule has 2 atom stereocenters. The van der Waals surface area contributed by atoms with Crippen molar-refractivity contribution >= 4 is 35.0 Å². The normalized spacial score (nSPS) is 20.4. The predicted molar refractivity (Wildman–Crippen MR) is 88.3 cm³/mol. The molecule has 2 N–H and O–H groups in total. The lowest BCUT2D eigenvalue weighted by Crippen LogP contribution is -2.48. The summed E-state index contributed by atoms with van der Waals surface area (Å²) in [6, 6.07) is 6.47. The van der Waals surface area contributed by atoms with E-state index in [1.54, 1.807) is 18.2 Å². The van der Waals surface area contributed by atoms with E-state index in [2.05, 4.69) is 10.6 Å². The summed E-state index contributed by atoms with van der Waals surface area (Å²) in [5.41, 5.74) is 0.293. The average molecular weight is 354 g/mol. The number of rotatable bonds is 4. The van der Waals surface area contributed by atoms with Crippen LogP contribution in [0, 0.1) is 17.2 Å². The lowest BCUT2D eigenvalue weighted by molar-refractivity contribution is -0.126. The Balaban J connectivity index is 2.09. The number of nitrogens with one attached hydrogen (secondary N) is 2. The first kappa shape index (κ1) is 17.6. The van der Waals surface area contributed by atoms with Gasteiger partial charge in [0, 0.05) is 6.04 Å². The third-order valence-electron chi connectivity index (χ3n) is 3.96. The minimum Gasteiger partial charge on any atom is -0.348 e. The number of nitriles is 1. The van der Waals surface area contributed by atoms with E-state index < -0.39 is 0 Å². The van der Waals surface area contributed by atoms with Crippen LogP contribution in [-0.2, 0) is 4.79 Å². The van der Waals surface area contributed by atoms with Crippen molar-refractivity contribution in [3.8, 4) is 6.07 Å². The van der Waals surface area contributed by atoms with Crippen molar-refractivity contribution in [1.82, 2.24) is 10.6 Å². The summed E-state index contributed by atoms with van der Waals surface area (Å²) in [5, 5.41) is 14.5. The second-order valence-electron chi connectivity index (χ2n) is 5.45. The number of hydrogen-bond acceptors (Lipinski definition) is 3. The molecule has 0 heterocycles. The maximum absolute atomic E-state index is 12.4. The number of carbonyl (C=O) groups is 2. The van der Waals surface area contributed by atoms with Crippen molar-refractivity contribution in [3.05, 3.63) is 33.8 Å². The minimum absolute atomic E-state index is 0.0316. The van der Waals surface area contributed by atoms with Crippen LogP contribution >= 0.6 is 23.2 Å². The first-order valence-corrected chi connectivity index (χ1v) is 8.19. The van der Waals surface area contributed by atoms with Gasteiger partial charge in [0.15, 0.2) is 0 Å². The van der Waals surface area contributed by atoms with Crippen LogP contribution in [0.25, 0.3) is 0 Å². The lowest BCUT2D eigenvalue weighted by atomic mass is 9.83. The number of carbonyl (C=O) groups excluding carboxylic acids is 2. The van der Waals surface area contributed by atoms with E-state index in [9.17, 15) is 9.59 Å². The molecule has 1 aliphatic carbocycles. The SMILES string of the molecule is N#CCNC(=O)[C@H]1CCCC[C@H]1NC(=O)c1cccc(Cl)c1Cl. The Morgan fingerprint density at radius 3 is 2.74 bits per heavy atom. The summed E-state index contributed by atoms with van der Waals surface area (Å²) in [4.78, 5) is 24.6. The highest BCUT2D eigenvalue weighted by Gasteiger charge is 2.32. The second-order valence-corrected chi connectivity index (χ2v) is 6.23. The Labute approximate surface area is 144 Å². The van der Waals surface area contributed by atoms with Gasteiger partial charge in [0.1, 0.15) is 6.54 Å². The van der Waals surface area contributed by atoms with Crippen molar-refractivity contribution in [2.75, 3.05) is 6.54 Å². The van der Waals surface area contributed by atoms with E-state index >= 15 is 0 Å². The van der Waals surface area contributed by atoms with Crippen LogP contribution in [0.5, 0.6) is 0 Å². The van der Waals surface area contributed by atoms with Crippen LogP contribution < -0.4 is 10.6 Å². The van der Waals surface area contributed by atoms with Gasteiger partial charge in [-0.2, -0.15) is 5.26 Å². The fourth-order valence-electron chi connectivity index (χ4n) is 2.80. The first-order chi connectivity index (χ1) is 11.0. The molecular weight excluding hydrogens is 337 g/mol. The molecule has 7 heteroatoms. The molecule has 0 saturated heterocycles. The van der Waals surface area contributed by atoms with Crippen LogP contribution in [0.4, 0.5) is 0 Å². The standard InChI is InChI=1S/C16H17Cl2N3O2/c17-12-6-3-5-11(14(12)18)16(23)21-13-7-2-1-4-10(13)15(22)20-9-8-19/h3,5-6,10,13H,1-2,4,7,9H2,(H,20,22)(H,21,23)/t10-,13+/m0/s1. The maximum atomic E-state index is 12.4. The second kappa shape index (κ2) is 8.19. The Hall–Kier alpha value is -1.77. The third kappa shape index (κ3) is 4.37. The zero-order valence-corrected chi connectivity index (χ0v) is 14.0. The van der Waals surface area contributed by atoms with Crippen LogP contribution in [-0.4, -0.2) is 24.4 Å². The Kier molecular flexibility index (Phi) is 6.26. The quantitative estimate of drug-likeness (QED) is 0.816. The van der Waals surface area contributed by atoms with E-state index in [1.165, 1.54) is 0 Å². The number of hydrogen-bond donors (Lipinski definition) is 2. The van der Waals surface area contributed by atoms with E-state index in [-0.39, 0.29) is 35.3 Å². The van der Waals surface area contributed by atoms with Gasteiger partial charge in [-0.05, 0) is 25.0 Å². The van der Waals surface area contributed by atoms with Crippen molar-refractivity contribution in [2.45, 2.75) is 31.7 Å². The van der Waals surface area contributed by atoms with Gasteiger partial charge in [-0.15, -0.1) is 0 Å². The smallest absolute Gasteiger partial charge is 0.253 e. The van der Waals surface area contributed by atoms with Gasteiger partial charge in [0.25, 0.3) is 5.91 Å². The monoisotopic (exact) mass is 353 g/mol. The number of amides is 2. The number of nitrogens with zero attached hydrogens (tertiary/aromatic N) is 1. The van der Waals surface area contributed by atoms with E-state index in [4.69, 9.17) is 28.5 Å². The maximum Gasteiger partial charge on any atom is 0.253 e. The van der Waals surface area contributed by atoms with Gasteiger partial charge in [0.2, 0.25) is 5.91 Å². The molecule has 0 spiro atoms. The molecule has 0 unspecified atom stereocenters. The molecule has 2 amide bonds. The van der Waals surface area contributed by atoms with Crippen LogP contribution in [0.1, 0.15) is 36.0 Å². The van der Waals surface area contributed by atoms with Crippen molar-refractivity contribution in [2.24, 2.45) is 5.92 Å². The van der Waals surface area contributed by atoms with Crippen LogP contribution in [0.3, 0.4) is 0 Å². The van der Waals surface area contributed by atoms with Gasteiger partial charge >= 0.3 is 0 Å². The molecule has 0 radical (unpaired) electrons. The van der Waals surface area contributed by atoms with Crippen LogP contribution in [0.2, 0.25) is 10.0 Å². The fourth-order valence-corrected chi connectivity index (χ4v) is 3.19. The highest BCUT2D eigenvalue weighted by atomic mass is 35.5. The van der Waals surface area contributed by atoms with Gasteiger partial charge in [-0.3, -0.25) is 9.59 Å². The minimum atomic E-state index is -0.345. The molecule has 2 rings (SSSR count). The highest BCUT2D eigenvalue weighted by Crippen LogP contribution is 2.28.